The fourth-order valence-corrected chi connectivity index (χ4v) is 3.57. The summed E-state index contributed by atoms with van der Waals surface area (Å²) in [7, 11) is 0. The highest BCUT2D eigenvalue weighted by atomic mass is 35.5. The van der Waals surface area contributed by atoms with Gasteiger partial charge in [-0.2, -0.15) is 5.10 Å². The number of H-pyrrole nitrogens is 1. The van der Waals surface area contributed by atoms with E-state index in [0.29, 0.717) is 29.5 Å². The number of likely N-dealkylation sites (tertiary alicyclic amines) is 1. The molecular weight excluding hydrogens is 352 g/mol. The number of carbonyl (C=O) groups is 2. The minimum absolute atomic E-state index is 0.0813. The lowest BCUT2D eigenvalue weighted by Gasteiger charge is -2.32. The third kappa shape index (κ3) is 3.60. The molecule has 0 bridgehead atoms. The lowest BCUT2D eigenvalue weighted by molar-refractivity contribution is -0.133. The summed E-state index contributed by atoms with van der Waals surface area (Å²) in [4.78, 5) is 26.5. The molecule has 6 nitrogen and oxygen atoms in total. The summed E-state index contributed by atoms with van der Waals surface area (Å²) in [5.41, 5.74) is 1.85. The number of benzene rings is 1. The number of halogens is 1. The number of nitrogens with zero attached hydrogens (tertiary/aromatic N) is 2. The molecule has 2 aromatic rings. The van der Waals surface area contributed by atoms with Crippen molar-refractivity contribution in [2.75, 3.05) is 13.1 Å². The van der Waals surface area contributed by atoms with Gasteiger partial charge in [-0.3, -0.25) is 14.7 Å². The molecule has 1 saturated heterocycles. The van der Waals surface area contributed by atoms with E-state index in [9.17, 15) is 9.59 Å². The van der Waals surface area contributed by atoms with Gasteiger partial charge in [-0.05, 0) is 37.8 Å². The van der Waals surface area contributed by atoms with E-state index in [0.717, 1.165) is 31.2 Å². The van der Waals surface area contributed by atoms with Crippen LogP contribution >= 0.6 is 11.6 Å². The van der Waals surface area contributed by atoms with Gasteiger partial charge in [0.1, 0.15) is 5.69 Å². The van der Waals surface area contributed by atoms with Crippen molar-refractivity contribution in [2.24, 2.45) is 5.92 Å². The number of aromatic nitrogens is 2. The topological polar surface area (TPSA) is 78.1 Å². The Morgan fingerprint density at radius 1 is 1.15 bits per heavy atom. The zero-order valence-corrected chi connectivity index (χ0v) is 15.1. The SMILES string of the molecule is O=C(NC1CCN(C(=O)C2CC2)CC1)c1cc(-c2ccccc2Cl)n[nH]1. The van der Waals surface area contributed by atoms with Gasteiger partial charge >= 0.3 is 0 Å². The zero-order valence-electron chi connectivity index (χ0n) is 14.4. The largest absolute Gasteiger partial charge is 0.348 e. The van der Waals surface area contributed by atoms with Crippen molar-refractivity contribution in [1.82, 2.24) is 20.4 Å². The number of rotatable bonds is 4. The van der Waals surface area contributed by atoms with Crippen LogP contribution in [0.5, 0.6) is 0 Å². The second-order valence-corrected chi connectivity index (χ2v) is 7.40. The van der Waals surface area contributed by atoms with E-state index >= 15 is 0 Å². The highest BCUT2D eigenvalue weighted by molar-refractivity contribution is 6.33. The predicted octanol–water partition coefficient (Wildman–Crippen LogP) is 2.86. The number of carbonyl (C=O) groups excluding carboxylic acids is 2. The highest BCUT2D eigenvalue weighted by Crippen LogP contribution is 2.32. The Morgan fingerprint density at radius 3 is 2.58 bits per heavy atom. The van der Waals surface area contributed by atoms with E-state index in [1.54, 1.807) is 12.1 Å². The number of amides is 2. The van der Waals surface area contributed by atoms with Gasteiger partial charge in [-0.25, -0.2) is 0 Å². The van der Waals surface area contributed by atoms with E-state index in [-0.39, 0.29) is 23.8 Å². The van der Waals surface area contributed by atoms with E-state index in [2.05, 4.69) is 15.5 Å². The Balaban J connectivity index is 1.34. The summed E-state index contributed by atoms with van der Waals surface area (Å²) in [5, 5.41) is 10.6. The first-order chi connectivity index (χ1) is 12.6. The van der Waals surface area contributed by atoms with Crippen molar-refractivity contribution < 1.29 is 9.59 Å². The van der Waals surface area contributed by atoms with Crippen molar-refractivity contribution >= 4 is 23.4 Å². The third-order valence-electron chi connectivity index (χ3n) is 5.04. The lowest BCUT2D eigenvalue weighted by Crippen LogP contribution is -2.47. The molecule has 1 aromatic carbocycles. The fraction of sp³-hybridized carbons (Fsp3) is 0.421. The Bertz CT molecular complexity index is 822. The third-order valence-corrected chi connectivity index (χ3v) is 5.37. The van der Waals surface area contributed by atoms with Crippen LogP contribution in [0.4, 0.5) is 0 Å². The van der Waals surface area contributed by atoms with E-state index in [1.165, 1.54) is 0 Å². The van der Waals surface area contributed by atoms with Crippen LogP contribution < -0.4 is 5.32 Å². The van der Waals surface area contributed by atoms with Crippen molar-refractivity contribution in [3.05, 3.63) is 41.0 Å². The van der Waals surface area contributed by atoms with Gasteiger partial charge in [0.15, 0.2) is 0 Å². The van der Waals surface area contributed by atoms with Crippen LogP contribution in [0.3, 0.4) is 0 Å². The van der Waals surface area contributed by atoms with Crippen molar-refractivity contribution in [1.29, 1.82) is 0 Å². The quantitative estimate of drug-likeness (QED) is 0.866. The molecule has 2 N–H and O–H groups in total. The summed E-state index contributed by atoms with van der Waals surface area (Å²) in [6.07, 6.45) is 3.64. The van der Waals surface area contributed by atoms with Crippen molar-refractivity contribution in [3.63, 3.8) is 0 Å². The lowest BCUT2D eigenvalue weighted by atomic mass is 10.0. The smallest absolute Gasteiger partial charge is 0.269 e. The number of hydrogen-bond acceptors (Lipinski definition) is 3. The molecule has 4 rings (SSSR count). The minimum atomic E-state index is -0.178. The Kier molecular flexibility index (Phi) is 4.68. The molecule has 136 valence electrons. The van der Waals surface area contributed by atoms with E-state index in [1.807, 2.05) is 23.1 Å². The summed E-state index contributed by atoms with van der Waals surface area (Å²) >= 11 is 6.18. The molecule has 0 atom stereocenters. The van der Waals surface area contributed by atoms with Crippen molar-refractivity contribution in [2.45, 2.75) is 31.7 Å². The van der Waals surface area contributed by atoms with Crippen LogP contribution in [-0.2, 0) is 4.79 Å². The summed E-state index contributed by atoms with van der Waals surface area (Å²) in [6.45, 7) is 1.43. The average Bonchev–Trinajstić information content (AvgIpc) is 3.39. The minimum Gasteiger partial charge on any atom is -0.348 e. The van der Waals surface area contributed by atoms with Gasteiger partial charge < -0.3 is 10.2 Å². The molecule has 1 aliphatic heterocycles. The molecular formula is C19H21ClN4O2. The van der Waals surface area contributed by atoms with Crippen LogP contribution in [0.2, 0.25) is 5.02 Å². The second-order valence-electron chi connectivity index (χ2n) is 6.99. The first-order valence-electron chi connectivity index (χ1n) is 9.02. The van der Waals surface area contributed by atoms with Crippen molar-refractivity contribution in [3.8, 4) is 11.3 Å². The molecule has 0 unspecified atom stereocenters. The molecule has 2 fully saturated rings. The highest BCUT2D eigenvalue weighted by Gasteiger charge is 2.35. The van der Waals surface area contributed by atoms with Gasteiger partial charge in [0.05, 0.1) is 10.7 Å². The second kappa shape index (κ2) is 7.11. The zero-order chi connectivity index (χ0) is 18.1. The monoisotopic (exact) mass is 372 g/mol. The maximum Gasteiger partial charge on any atom is 0.269 e. The van der Waals surface area contributed by atoms with Crippen LogP contribution in [0.15, 0.2) is 30.3 Å². The van der Waals surface area contributed by atoms with E-state index < -0.39 is 0 Å². The molecule has 0 spiro atoms. The molecule has 2 aliphatic rings. The van der Waals surface area contributed by atoms with Gasteiger partial charge in [-0.1, -0.05) is 29.8 Å². The Labute approximate surface area is 156 Å². The average molecular weight is 373 g/mol. The molecule has 7 heteroatoms. The number of aromatic amines is 1. The van der Waals surface area contributed by atoms with Crippen LogP contribution in [0.25, 0.3) is 11.3 Å². The summed E-state index contributed by atoms with van der Waals surface area (Å²) in [6, 6.07) is 9.19. The number of piperidine rings is 1. The summed E-state index contributed by atoms with van der Waals surface area (Å²) in [5.74, 6) is 0.366. The molecule has 2 heterocycles. The normalized spacial score (nSPS) is 18.0. The Hall–Kier alpha value is -2.34. The molecule has 1 aliphatic carbocycles. The maximum atomic E-state index is 12.5. The molecule has 0 radical (unpaired) electrons. The number of hydrogen-bond donors (Lipinski definition) is 2. The van der Waals surface area contributed by atoms with E-state index in [4.69, 9.17) is 11.6 Å². The first kappa shape index (κ1) is 17.1. The van der Waals surface area contributed by atoms with Crippen LogP contribution in [0.1, 0.15) is 36.2 Å². The summed E-state index contributed by atoms with van der Waals surface area (Å²) < 4.78 is 0. The predicted molar refractivity (Wildman–Crippen MR) is 98.8 cm³/mol. The van der Waals surface area contributed by atoms with Gasteiger partial charge in [0.25, 0.3) is 5.91 Å². The molecule has 2 amide bonds. The van der Waals surface area contributed by atoms with Gasteiger partial charge in [0.2, 0.25) is 5.91 Å². The fourth-order valence-electron chi connectivity index (χ4n) is 3.34. The molecule has 1 saturated carbocycles. The standard InChI is InChI=1S/C19H21ClN4O2/c20-15-4-2-1-3-14(15)16-11-17(23-22-16)18(25)21-13-7-9-24(10-8-13)19(26)12-5-6-12/h1-4,11-13H,5-10H2,(H,21,25)(H,22,23). The Morgan fingerprint density at radius 2 is 1.88 bits per heavy atom. The van der Waals surface area contributed by atoms with Crippen LogP contribution in [0, 0.1) is 5.92 Å². The number of nitrogens with one attached hydrogen (secondary N) is 2. The van der Waals surface area contributed by atoms with Gasteiger partial charge in [0, 0.05) is 30.6 Å². The molecule has 1 aromatic heterocycles. The van der Waals surface area contributed by atoms with Gasteiger partial charge in [-0.15, -0.1) is 0 Å². The molecule has 26 heavy (non-hydrogen) atoms. The van der Waals surface area contributed by atoms with Crippen LogP contribution in [-0.4, -0.2) is 46.0 Å². The maximum absolute atomic E-state index is 12.5. The first-order valence-corrected chi connectivity index (χ1v) is 9.39.